The third-order valence-electron chi connectivity index (χ3n) is 3.06. The van der Waals surface area contributed by atoms with E-state index in [0.29, 0.717) is 16.5 Å². The van der Waals surface area contributed by atoms with Crippen LogP contribution in [0.3, 0.4) is 0 Å². The van der Waals surface area contributed by atoms with Gasteiger partial charge in [0.25, 0.3) is 5.91 Å². The number of hydrogen-bond donors (Lipinski definition) is 2. The molecule has 2 rings (SSSR count). The number of benzene rings is 1. The number of piperidine rings is 1. The van der Waals surface area contributed by atoms with Crippen molar-refractivity contribution in [3.63, 3.8) is 0 Å². The summed E-state index contributed by atoms with van der Waals surface area (Å²) in [6.07, 6.45) is 2.38. The molecule has 1 amide bonds. The fourth-order valence-corrected chi connectivity index (χ4v) is 2.16. The first-order valence-corrected chi connectivity index (χ1v) is 6.38. The molecule has 1 saturated heterocycles. The molecule has 1 atom stereocenters. The van der Waals surface area contributed by atoms with E-state index in [1.54, 1.807) is 24.3 Å². The largest absolute Gasteiger partial charge is 0.352 e. The van der Waals surface area contributed by atoms with Crippen LogP contribution in [0.4, 0.5) is 0 Å². The van der Waals surface area contributed by atoms with Crippen molar-refractivity contribution in [2.24, 2.45) is 5.92 Å². The summed E-state index contributed by atoms with van der Waals surface area (Å²) in [4.78, 5) is 11.8. The van der Waals surface area contributed by atoms with Crippen LogP contribution in [0.1, 0.15) is 23.2 Å². The standard InChI is InChI=1S/C13H17ClN2O.ClH/c14-12-5-3-11(4-6-12)13(17)16-9-10-2-1-7-15-8-10;/h3-6,10,15H,1-2,7-9H2,(H,16,17);1H. The van der Waals surface area contributed by atoms with Crippen LogP contribution in [0.5, 0.6) is 0 Å². The molecule has 1 aliphatic rings. The van der Waals surface area contributed by atoms with E-state index in [1.165, 1.54) is 12.8 Å². The highest BCUT2D eigenvalue weighted by molar-refractivity contribution is 6.30. The maximum Gasteiger partial charge on any atom is 0.251 e. The van der Waals surface area contributed by atoms with E-state index in [9.17, 15) is 4.79 Å². The summed E-state index contributed by atoms with van der Waals surface area (Å²) < 4.78 is 0. The predicted molar refractivity (Wildman–Crippen MR) is 76.6 cm³/mol. The van der Waals surface area contributed by atoms with E-state index in [1.807, 2.05) is 0 Å². The van der Waals surface area contributed by atoms with Crippen LogP contribution < -0.4 is 10.6 Å². The highest BCUT2D eigenvalue weighted by Crippen LogP contribution is 2.11. The molecule has 1 aromatic carbocycles. The lowest BCUT2D eigenvalue weighted by atomic mass is 10.00. The number of nitrogens with one attached hydrogen (secondary N) is 2. The average molecular weight is 289 g/mol. The molecule has 1 heterocycles. The minimum Gasteiger partial charge on any atom is -0.352 e. The third-order valence-corrected chi connectivity index (χ3v) is 3.31. The van der Waals surface area contributed by atoms with Crippen LogP contribution in [0.25, 0.3) is 0 Å². The van der Waals surface area contributed by atoms with Crippen molar-refractivity contribution in [3.05, 3.63) is 34.9 Å². The van der Waals surface area contributed by atoms with Gasteiger partial charge in [0.05, 0.1) is 0 Å². The summed E-state index contributed by atoms with van der Waals surface area (Å²) >= 11 is 5.78. The van der Waals surface area contributed by atoms with Gasteiger partial charge in [-0.25, -0.2) is 0 Å². The van der Waals surface area contributed by atoms with Crippen molar-refractivity contribution in [1.82, 2.24) is 10.6 Å². The molecule has 2 N–H and O–H groups in total. The molecule has 1 aromatic rings. The van der Waals surface area contributed by atoms with Gasteiger partial charge in [-0.05, 0) is 56.1 Å². The molecular formula is C13H18Cl2N2O. The number of halogens is 2. The van der Waals surface area contributed by atoms with Crippen LogP contribution >= 0.6 is 24.0 Å². The first kappa shape index (κ1) is 15.3. The molecule has 1 unspecified atom stereocenters. The Morgan fingerprint density at radius 3 is 2.72 bits per heavy atom. The predicted octanol–water partition coefficient (Wildman–Crippen LogP) is 2.49. The van der Waals surface area contributed by atoms with E-state index in [-0.39, 0.29) is 18.3 Å². The average Bonchev–Trinajstić information content (AvgIpc) is 2.38. The van der Waals surface area contributed by atoms with Gasteiger partial charge in [0.2, 0.25) is 0 Å². The van der Waals surface area contributed by atoms with Gasteiger partial charge >= 0.3 is 0 Å². The topological polar surface area (TPSA) is 41.1 Å². The van der Waals surface area contributed by atoms with E-state index in [2.05, 4.69) is 10.6 Å². The smallest absolute Gasteiger partial charge is 0.251 e. The zero-order valence-corrected chi connectivity index (χ0v) is 11.7. The Morgan fingerprint density at radius 2 is 2.11 bits per heavy atom. The summed E-state index contributed by atoms with van der Waals surface area (Å²) in [6.45, 7) is 2.84. The van der Waals surface area contributed by atoms with Crippen LogP contribution in [-0.4, -0.2) is 25.5 Å². The Bertz CT molecular complexity index is 375. The van der Waals surface area contributed by atoms with Gasteiger partial charge in [-0.1, -0.05) is 11.6 Å². The second-order valence-corrected chi connectivity index (χ2v) is 4.87. The van der Waals surface area contributed by atoms with E-state index in [0.717, 1.165) is 19.6 Å². The molecule has 5 heteroatoms. The Labute approximate surface area is 119 Å². The molecule has 0 aromatic heterocycles. The lowest BCUT2D eigenvalue weighted by molar-refractivity contribution is 0.0945. The minimum absolute atomic E-state index is 0. The molecule has 0 aliphatic carbocycles. The second-order valence-electron chi connectivity index (χ2n) is 4.43. The van der Waals surface area contributed by atoms with Crippen LogP contribution in [-0.2, 0) is 0 Å². The van der Waals surface area contributed by atoms with Crippen molar-refractivity contribution >= 4 is 29.9 Å². The SMILES string of the molecule is Cl.O=C(NCC1CCCNC1)c1ccc(Cl)cc1. The summed E-state index contributed by atoms with van der Waals surface area (Å²) in [5.74, 6) is 0.534. The lowest BCUT2D eigenvalue weighted by Crippen LogP contribution is -2.38. The van der Waals surface area contributed by atoms with Gasteiger partial charge in [-0.3, -0.25) is 4.79 Å². The second kappa shape index (κ2) is 7.62. The van der Waals surface area contributed by atoms with Crippen molar-refractivity contribution in [1.29, 1.82) is 0 Å². The van der Waals surface area contributed by atoms with Gasteiger partial charge in [-0.15, -0.1) is 12.4 Å². The van der Waals surface area contributed by atoms with Crippen molar-refractivity contribution in [3.8, 4) is 0 Å². The van der Waals surface area contributed by atoms with Crippen molar-refractivity contribution < 1.29 is 4.79 Å². The van der Waals surface area contributed by atoms with Crippen LogP contribution in [0.2, 0.25) is 5.02 Å². The minimum atomic E-state index is -0.0211. The lowest BCUT2D eigenvalue weighted by Gasteiger charge is -2.22. The highest BCUT2D eigenvalue weighted by Gasteiger charge is 2.14. The van der Waals surface area contributed by atoms with Gasteiger partial charge in [0.1, 0.15) is 0 Å². The molecule has 0 saturated carbocycles. The van der Waals surface area contributed by atoms with E-state index >= 15 is 0 Å². The first-order valence-electron chi connectivity index (χ1n) is 6.00. The molecule has 100 valence electrons. The Kier molecular flexibility index (Phi) is 6.47. The van der Waals surface area contributed by atoms with Gasteiger partial charge in [0, 0.05) is 17.1 Å². The molecule has 0 radical (unpaired) electrons. The Morgan fingerprint density at radius 1 is 1.39 bits per heavy atom. The Hall–Kier alpha value is -0.770. The molecule has 18 heavy (non-hydrogen) atoms. The molecule has 3 nitrogen and oxygen atoms in total. The fraction of sp³-hybridized carbons (Fsp3) is 0.462. The quantitative estimate of drug-likeness (QED) is 0.897. The molecule has 1 aliphatic heterocycles. The Balaban J connectivity index is 0.00000162. The number of hydrogen-bond acceptors (Lipinski definition) is 2. The third kappa shape index (κ3) is 4.48. The molecule has 0 spiro atoms. The van der Waals surface area contributed by atoms with Gasteiger partial charge < -0.3 is 10.6 Å². The van der Waals surface area contributed by atoms with E-state index in [4.69, 9.17) is 11.6 Å². The van der Waals surface area contributed by atoms with Crippen molar-refractivity contribution in [2.45, 2.75) is 12.8 Å². The summed E-state index contributed by atoms with van der Waals surface area (Å²) in [7, 11) is 0. The number of carbonyl (C=O) groups is 1. The molecule has 1 fully saturated rings. The normalized spacial score (nSPS) is 18.8. The number of carbonyl (C=O) groups excluding carboxylic acids is 1. The monoisotopic (exact) mass is 288 g/mol. The molecular weight excluding hydrogens is 271 g/mol. The van der Waals surface area contributed by atoms with Crippen LogP contribution in [0, 0.1) is 5.92 Å². The van der Waals surface area contributed by atoms with E-state index < -0.39 is 0 Å². The van der Waals surface area contributed by atoms with Gasteiger partial charge in [0.15, 0.2) is 0 Å². The first-order chi connectivity index (χ1) is 8.25. The maximum atomic E-state index is 11.8. The zero-order chi connectivity index (χ0) is 12.1. The number of amides is 1. The molecule has 0 bridgehead atoms. The zero-order valence-electron chi connectivity index (χ0n) is 10.1. The summed E-state index contributed by atoms with van der Waals surface area (Å²) in [5.41, 5.74) is 0.665. The summed E-state index contributed by atoms with van der Waals surface area (Å²) in [5, 5.41) is 6.95. The summed E-state index contributed by atoms with van der Waals surface area (Å²) in [6, 6.07) is 6.96. The number of rotatable bonds is 3. The van der Waals surface area contributed by atoms with Crippen LogP contribution in [0.15, 0.2) is 24.3 Å². The van der Waals surface area contributed by atoms with Crippen molar-refractivity contribution in [2.75, 3.05) is 19.6 Å². The maximum absolute atomic E-state index is 11.8. The highest BCUT2D eigenvalue weighted by atomic mass is 35.5. The van der Waals surface area contributed by atoms with Gasteiger partial charge in [-0.2, -0.15) is 0 Å². The fourth-order valence-electron chi connectivity index (χ4n) is 2.04.